The average Bonchev–Trinajstić information content (AvgIpc) is 3.07. The lowest BCUT2D eigenvalue weighted by atomic mass is 9.89. The van der Waals surface area contributed by atoms with Gasteiger partial charge in [0.25, 0.3) is 0 Å². The Morgan fingerprint density at radius 1 is 1.23 bits per heavy atom. The van der Waals surface area contributed by atoms with Gasteiger partial charge in [-0.25, -0.2) is 0 Å². The first-order valence-electron chi connectivity index (χ1n) is 9.70. The third-order valence-corrected chi connectivity index (χ3v) is 6.00. The van der Waals surface area contributed by atoms with Gasteiger partial charge >= 0.3 is 0 Å². The molecular weight excluding hydrogens is 420 g/mol. The van der Waals surface area contributed by atoms with E-state index in [0.29, 0.717) is 23.1 Å². The fourth-order valence-corrected chi connectivity index (χ4v) is 4.43. The Bertz CT molecular complexity index is 1250. The zero-order chi connectivity index (χ0) is 21.6. The lowest BCUT2D eigenvalue weighted by molar-refractivity contribution is 0.172. The van der Waals surface area contributed by atoms with Crippen molar-refractivity contribution in [3.8, 4) is 28.9 Å². The number of hydrogen-bond donors (Lipinski definition) is 3. The number of nitriles is 1. The molecule has 0 saturated carbocycles. The van der Waals surface area contributed by atoms with Crippen molar-refractivity contribution in [1.82, 2.24) is 4.90 Å². The van der Waals surface area contributed by atoms with Crippen LogP contribution >= 0.6 is 12.4 Å². The number of aromatic hydroxyl groups is 2. The first-order valence-corrected chi connectivity index (χ1v) is 9.70. The number of phenols is 2. The minimum atomic E-state index is -0.430. The van der Waals surface area contributed by atoms with Crippen LogP contribution in [0.4, 0.5) is 0 Å². The Kier molecular flexibility index (Phi) is 6.27. The van der Waals surface area contributed by atoms with Gasteiger partial charge in [-0.05, 0) is 50.7 Å². The van der Waals surface area contributed by atoms with Gasteiger partial charge in [0.1, 0.15) is 28.2 Å². The smallest absolute Gasteiger partial charge is 0.197 e. The molecule has 7 nitrogen and oxygen atoms in total. The summed E-state index contributed by atoms with van der Waals surface area (Å²) in [5.41, 5.74) is 2.00. The summed E-state index contributed by atoms with van der Waals surface area (Å²) in [6, 6.07) is 9.35. The van der Waals surface area contributed by atoms with Crippen molar-refractivity contribution in [2.45, 2.75) is 25.3 Å². The zero-order valence-corrected chi connectivity index (χ0v) is 17.9. The number of phenolic OH excluding ortho intramolecular Hbond substituents is 2. The number of hydrogen-bond acceptors (Lipinski definition) is 7. The van der Waals surface area contributed by atoms with E-state index in [1.807, 2.05) is 18.9 Å². The molecule has 4 rings (SSSR count). The van der Waals surface area contributed by atoms with Crippen LogP contribution in [0, 0.1) is 18.3 Å². The molecule has 8 heteroatoms. The van der Waals surface area contributed by atoms with Gasteiger partial charge in [0.05, 0.1) is 18.2 Å². The molecule has 1 aliphatic rings. The first kappa shape index (κ1) is 22.6. The number of fused-ring (bicyclic) bond motifs is 1. The minimum absolute atomic E-state index is 0. The van der Waals surface area contributed by atoms with E-state index in [-0.39, 0.29) is 59.2 Å². The lowest BCUT2D eigenvalue weighted by Crippen LogP contribution is -2.32. The summed E-state index contributed by atoms with van der Waals surface area (Å²) in [4.78, 5) is 14.9. The van der Waals surface area contributed by atoms with Gasteiger partial charge in [-0.1, -0.05) is 0 Å². The average molecular weight is 443 g/mol. The molecule has 2 aromatic carbocycles. The lowest BCUT2D eigenvalue weighted by Gasteiger charge is -2.24. The molecule has 1 fully saturated rings. The van der Waals surface area contributed by atoms with Crippen LogP contribution < -0.4 is 5.43 Å². The highest BCUT2D eigenvalue weighted by atomic mass is 35.5. The van der Waals surface area contributed by atoms with Crippen molar-refractivity contribution in [3.63, 3.8) is 0 Å². The summed E-state index contributed by atoms with van der Waals surface area (Å²) in [5.74, 6) is -0.498. The second-order valence-electron chi connectivity index (χ2n) is 7.77. The molecule has 0 bridgehead atoms. The molecule has 2 heterocycles. The molecule has 1 aromatic heterocycles. The predicted molar refractivity (Wildman–Crippen MR) is 119 cm³/mol. The Morgan fingerprint density at radius 3 is 2.61 bits per heavy atom. The largest absolute Gasteiger partial charge is 0.507 e. The third-order valence-electron chi connectivity index (χ3n) is 6.00. The number of aliphatic hydroxyl groups is 1. The zero-order valence-electron chi connectivity index (χ0n) is 17.1. The van der Waals surface area contributed by atoms with Gasteiger partial charge in [0, 0.05) is 35.2 Å². The van der Waals surface area contributed by atoms with E-state index in [1.54, 1.807) is 18.2 Å². The quantitative estimate of drug-likeness (QED) is 0.569. The van der Waals surface area contributed by atoms with Crippen molar-refractivity contribution in [1.29, 1.82) is 5.26 Å². The highest BCUT2D eigenvalue weighted by Crippen LogP contribution is 2.44. The minimum Gasteiger partial charge on any atom is -0.507 e. The molecule has 0 amide bonds. The summed E-state index contributed by atoms with van der Waals surface area (Å²) in [6.45, 7) is 2.42. The SMILES string of the molecule is Cc1cc(C#N)ccc1-c1cc(=O)c2c(O)cc(O)c(C3CCN(C)C3CO)c2o1.Cl. The Morgan fingerprint density at radius 2 is 1.97 bits per heavy atom. The van der Waals surface area contributed by atoms with Crippen molar-refractivity contribution in [2.75, 3.05) is 20.2 Å². The highest BCUT2D eigenvalue weighted by Gasteiger charge is 2.36. The number of aliphatic hydroxyl groups excluding tert-OH is 1. The van der Waals surface area contributed by atoms with Crippen LogP contribution in [0.2, 0.25) is 0 Å². The fraction of sp³-hybridized carbons (Fsp3) is 0.304. The van der Waals surface area contributed by atoms with E-state index in [9.17, 15) is 20.1 Å². The monoisotopic (exact) mass is 442 g/mol. The van der Waals surface area contributed by atoms with Crippen LogP contribution in [0.5, 0.6) is 11.5 Å². The Hall–Kier alpha value is -3.05. The maximum atomic E-state index is 12.9. The van der Waals surface area contributed by atoms with Gasteiger partial charge in [-0.3, -0.25) is 4.79 Å². The summed E-state index contributed by atoms with van der Waals surface area (Å²) >= 11 is 0. The van der Waals surface area contributed by atoms with E-state index >= 15 is 0 Å². The fourth-order valence-electron chi connectivity index (χ4n) is 4.43. The normalized spacial score (nSPS) is 18.6. The molecule has 162 valence electrons. The number of nitrogens with zero attached hydrogens (tertiary/aromatic N) is 2. The topological polar surface area (TPSA) is 118 Å². The predicted octanol–water partition coefficient (Wildman–Crippen LogP) is 3.25. The van der Waals surface area contributed by atoms with Gasteiger partial charge < -0.3 is 24.6 Å². The molecule has 31 heavy (non-hydrogen) atoms. The molecule has 2 atom stereocenters. The van der Waals surface area contributed by atoms with Crippen LogP contribution in [0.15, 0.2) is 39.5 Å². The van der Waals surface area contributed by atoms with Crippen LogP contribution in [0.3, 0.4) is 0 Å². The second-order valence-corrected chi connectivity index (χ2v) is 7.77. The maximum absolute atomic E-state index is 12.9. The van der Waals surface area contributed by atoms with Crippen molar-refractivity contribution >= 4 is 23.4 Å². The van der Waals surface area contributed by atoms with Crippen molar-refractivity contribution < 1.29 is 19.7 Å². The maximum Gasteiger partial charge on any atom is 0.197 e. The summed E-state index contributed by atoms with van der Waals surface area (Å²) < 4.78 is 6.11. The summed E-state index contributed by atoms with van der Waals surface area (Å²) in [6.07, 6.45) is 0.666. The first-order chi connectivity index (χ1) is 14.3. The van der Waals surface area contributed by atoms with E-state index in [0.717, 1.165) is 18.2 Å². The highest BCUT2D eigenvalue weighted by molar-refractivity contribution is 5.90. The van der Waals surface area contributed by atoms with Crippen LogP contribution in [-0.2, 0) is 0 Å². The summed E-state index contributed by atoms with van der Waals surface area (Å²) in [7, 11) is 1.89. The van der Waals surface area contributed by atoms with Crippen LogP contribution in [0.1, 0.15) is 29.0 Å². The molecular formula is C23H23ClN2O5. The Balaban J connectivity index is 0.00000272. The number of rotatable bonds is 3. The molecule has 2 unspecified atom stereocenters. The number of halogens is 1. The van der Waals surface area contributed by atoms with Crippen molar-refractivity contribution in [2.24, 2.45) is 0 Å². The molecule has 0 radical (unpaired) electrons. The van der Waals surface area contributed by atoms with E-state index in [4.69, 9.17) is 9.68 Å². The van der Waals surface area contributed by atoms with E-state index in [2.05, 4.69) is 6.07 Å². The third kappa shape index (κ3) is 3.74. The number of likely N-dealkylation sites (tertiary alicyclic amines) is 1. The molecule has 0 aliphatic carbocycles. The molecule has 1 aliphatic heterocycles. The molecule has 1 saturated heterocycles. The standard InChI is InChI=1S/C23H22N2O5.ClH/c1-12-7-13(10-24)3-4-14(12)20-9-19(29)22-18(28)8-17(27)21(23(22)30-20)15-5-6-25(2)16(15)11-26;/h3-4,7-9,15-16,26-28H,5-6,11H2,1-2H3;1H. The van der Waals surface area contributed by atoms with Crippen LogP contribution in [-0.4, -0.2) is 46.5 Å². The molecule has 0 spiro atoms. The van der Waals surface area contributed by atoms with Gasteiger partial charge in [0.2, 0.25) is 0 Å². The molecule has 3 aromatic rings. The Labute approximate surface area is 185 Å². The number of likely N-dealkylation sites (N-methyl/N-ethyl adjacent to an activating group) is 1. The molecule has 3 N–H and O–H groups in total. The second kappa shape index (κ2) is 8.60. The van der Waals surface area contributed by atoms with Gasteiger partial charge in [-0.15, -0.1) is 12.4 Å². The summed E-state index contributed by atoms with van der Waals surface area (Å²) in [5, 5.41) is 40.0. The van der Waals surface area contributed by atoms with Crippen LogP contribution in [0.25, 0.3) is 22.3 Å². The van der Waals surface area contributed by atoms with E-state index < -0.39 is 5.43 Å². The van der Waals surface area contributed by atoms with Crippen molar-refractivity contribution in [3.05, 3.63) is 57.2 Å². The number of benzene rings is 2. The van der Waals surface area contributed by atoms with E-state index in [1.165, 1.54) is 6.07 Å². The van der Waals surface area contributed by atoms with Gasteiger partial charge in [-0.2, -0.15) is 5.26 Å². The van der Waals surface area contributed by atoms with Gasteiger partial charge in [0.15, 0.2) is 5.43 Å². The number of aryl methyl sites for hydroxylation is 1.